The molecule has 3 rings (SSSR count). The Kier molecular flexibility index (Phi) is 4.54. The highest BCUT2D eigenvalue weighted by molar-refractivity contribution is 5.55. The molecule has 1 spiro atoms. The second kappa shape index (κ2) is 6.39. The Bertz CT molecular complexity index is 464. The Morgan fingerprint density at radius 2 is 1.76 bits per heavy atom. The number of nitrogens with two attached hydrogens (primary N) is 1. The number of anilines is 1. The van der Waals surface area contributed by atoms with E-state index in [0.29, 0.717) is 5.41 Å². The molecule has 116 valence electrons. The van der Waals surface area contributed by atoms with E-state index in [0.717, 1.165) is 13.0 Å². The lowest BCUT2D eigenvalue weighted by Crippen LogP contribution is -2.41. The van der Waals surface area contributed by atoms with E-state index in [1.54, 1.807) is 0 Å². The number of rotatable bonds is 3. The van der Waals surface area contributed by atoms with Crippen molar-refractivity contribution >= 4 is 5.69 Å². The highest BCUT2D eigenvalue weighted by atomic mass is 15.1. The minimum atomic E-state index is 0.688. The first-order valence-electron chi connectivity index (χ1n) is 8.77. The Morgan fingerprint density at radius 1 is 1.05 bits per heavy atom. The zero-order chi connectivity index (χ0) is 14.7. The smallest absolute Gasteiger partial charge is 0.0399 e. The Hall–Kier alpha value is -1.02. The van der Waals surface area contributed by atoms with Gasteiger partial charge in [-0.3, -0.25) is 0 Å². The van der Waals surface area contributed by atoms with Crippen LogP contribution in [-0.4, -0.2) is 19.6 Å². The van der Waals surface area contributed by atoms with Crippen LogP contribution in [-0.2, 0) is 6.42 Å². The summed E-state index contributed by atoms with van der Waals surface area (Å²) in [6.45, 7) is 5.40. The van der Waals surface area contributed by atoms with Crippen molar-refractivity contribution in [2.45, 2.75) is 58.3 Å². The average molecular weight is 286 g/mol. The maximum absolute atomic E-state index is 5.80. The van der Waals surface area contributed by atoms with Crippen molar-refractivity contribution in [1.82, 2.24) is 0 Å². The minimum absolute atomic E-state index is 0.688. The van der Waals surface area contributed by atoms with E-state index in [1.165, 1.54) is 74.8 Å². The predicted octanol–water partition coefficient (Wildman–Crippen LogP) is 4.05. The van der Waals surface area contributed by atoms with Gasteiger partial charge in [-0.1, -0.05) is 37.0 Å². The van der Waals surface area contributed by atoms with Crippen molar-refractivity contribution in [2.24, 2.45) is 11.1 Å². The molecular weight excluding hydrogens is 256 g/mol. The van der Waals surface area contributed by atoms with Crippen LogP contribution in [0.25, 0.3) is 0 Å². The molecule has 2 nitrogen and oxygen atoms in total. The number of hydrogen-bond acceptors (Lipinski definition) is 2. The molecule has 21 heavy (non-hydrogen) atoms. The summed E-state index contributed by atoms with van der Waals surface area (Å²) in [7, 11) is 0. The van der Waals surface area contributed by atoms with Crippen LogP contribution in [0, 0.1) is 12.3 Å². The van der Waals surface area contributed by atoms with Gasteiger partial charge in [0.25, 0.3) is 0 Å². The molecule has 1 saturated heterocycles. The summed E-state index contributed by atoms with van der Waals surface area (Å²) < 4.78 is 0. The van der Waals surface area contributed by atoms with E-state index < -0.39 is 0 Å². The average Bonchev–Trinajstić information content (AvgIpc) is 2.50. The molecule has 2 N–H and O–H groups in total. The second-order valence-corrected chi connectivity index (χ2v) is 7.22. The summed E-state index contributed by atoms with van der Waals surface area (Å²) in [6.07, 6.45) is 11.1. The van der Waals surface area contributed by atoms with Crippen molar-refractivity contribution < 1.29 is 0 Å². The molecule has 0 radical (unpaired) electrons. The fourth-order valence-electron chi connectivity index (χ4n) is 4.40. The lowest BCUT2D eigenvalue weighted by molar-refractivity contribution is 0.144. The number of aryl methyl sites for hydroxylation is 1. The molecule has 2 heteroatoms. The fraction of sp³-hybridized carbons (Fsp3) is 0.684. The van der Waals surface area contributed by atoms with Gasteiger partial charge in [0, 0.05) is 18.8 Å². The van der Waals surface area contributed by atoms with Crippen molar-refractivity contribution in [3.63, 3.8) is 0 Å². The summed E-state index contributed by atoms with van der Waals surface area (Å²) in [5, 5.41) is 0. The van der Waals surface area contributed by atoms with E-state index in [2.05, 4.69) is 30.0 Å². The molecule has 2 aliphatic rings. The lowest BCUT2D eigenvalue weighted by Gasteiger charge is -2.45. The van der Waals surface area contributed by atoms with Crippen molar-refractivity contribution in [2.75, 3.05) is 24.5 Å². The summed E-state index contributed by atoms with van der Waals surface area (Å²) in [6, 6.07) is 6.90. The maximum Gasteiger partial charge on any atom is 0.0399 e. The van der Waals surface area contributed by atoms with Crippen LogP contribution in [0.3, 0.4) is 0 Å². The van der Waals surface area contributed by atoms with Crippen LogP contribution in [0.2, 0.25) is 0 Å². The SMILES string of the molecule is Cc1ccc(N2CCC3(CCCCC3)CC2)c(CCN)c1. The van der Waals surface area contributed by atoms with Crippen LogP contribution in [0.4, 0.5) is 5.69 Å². The highest BCUT2D eigenvalue weighted by Crippen LogP contribution is 2.45. The fourth-order valence-corrected chi connectivity index (χ4v) is 4.40. The Morgan fingerprint density at radius 3 is 2.43 bits per heavy atom. The van der Waals surface area contributed by atoms with Crippen LogP contribution >= 0.6 is 0 Å². The zero-order valence-electron chi connectivity index (χ0n) is 13.5. The molecular formula is C19H30N2. The summed E-state index contributed by atoms with van der Waals surface area (Å²) in [5.74, 6) is 0. The lowest BCUT2D eigenvalue weighted by atomic mass is 9.68. The van der Waals surface area contributed by atoms with E-state index in [-0.39, 0.29) is 0 Å². The molecule has 1 aliphatic carbocycles. The number of benzene rings is 1. The number of hydrogen-bond donors (Lipinski definition) is 1. The summed E-state index contributed by atoms with van der Waals surface area (Å²) >= 11 is 0. The van der Waals surface area contributed by atoms with Gasteiger partial charge in [-0.25, -0.2) is 0 Å². The Balaban J connectivity index is 1.71. The van der Waals surface area contributed by atoms with E-state index in [9.17, 15) is 0 Å². The first-order chi connectivity index (χ1) is 10.2. The molecule has 2 fully saturated rings. The molecule has 1 aromatic rings. The topological polar surface area (TPSA) is 29.3 Å². The van der Waals surface area contributed by atoms with E-state index in [1.807, 2.05) is 0 Å². The molecule has 0 aromatic heterocycles. The quantitative estimate of drug-likeness (QED) is 0.908. The van der Waals surface area contributed by atoms with Gasteiger partial charge in [0.05, 0.1) is 0 Å². The van der Waals surface area contributed by atoms with Gasteiger partial charge in [0.1, 0.15) is 0 Å². The Labute approximate surface area is 129 Å². The van der Waals surface area contributed by atoms with Gasteiger partial charge in [0.2, 0.25) is 0 Å². The molecule has 1 aliphatic heterocycles. The zero-order valence-corrected chi connectivity index (χ0v) is 13.5. The number of nitrogens with zero attached hydrogens (tertiary/aromatic N) is 1. The van der Waals surface area contributed by atoms with E-state index in [4.69, 9.17) is 5.73 Å². The molecule has 0 bridgehead atoms. The molecule has 1 heterocycles. The van der Waals surface area contributed by atoms with Crippen molar-refractivity contribution in [3.8, 4) is 0 Å². The predicted molar refractivity (Wildman–Crippen MR) is 90.9 cm³/mol. The largest absolute Gasteiger partial charge is 0.371 e. The van der Waals surface area contributed by atoms with Gasteiger partial charge in [-0.05, 0) is 62.6 Å². The third-order valence-corrected chi connectivity index (χ3v) is 5.73. The monoisotopic (exact) mass is 286 g/mol. The van der Waals surface area contributed by atoms with Crippen molar-refractivity contribution in [3.05, 3.63) is 29.3 Å². The van der Waals surface area contributed by atoms with Gasteiger partial charge in [-0.2, -0.15) is 0 Å². The van der Waals surface area contributed by atoms with Crippen LogP contribution in [0.5, 0.6) is 0 Å². The van der Waals surface area contributed by atoms with Gasteiger partial charge >= 0.3 is 0 Å². The third-order valence-electron chi connectivity index (χ3n) is 5.73. The normalized spacial score (nSPS) is 21.7. The van der Waals surface area contributed by atoms with E-state index >= 15 is 0 Å². The van der Waals surface area contributed by atoms with Gasteiger partial charge < -0.3 is 10.6 Å². The first-order valence-corrected chi connectivity index (χ1v) is 8.77. The molecule has 1 aromatic carbocycles. The highest BCUT2D eigenvalue weighted by Gasteiger charge is 2.35. The standard InChI is InChI=1S/C19H30N2/c1-16-5-6-18(17(15-16)7-12-20)21-13-10-19(11-14-21)8-3-2-4-9-19/h5-6,15H,2-4,7-14,20H2,1H3. The minimum Gasteiger partial charge on any atom is -0.371 e. The summed E-state index contributed by atoms with van der Waals surface area (Å²) in [5.41, 5.74) is 10.7. The molecule has 0 unspecified atom stereocenters. The molecule has 1 saturated carbocycles. The molecule has 0 amide bonds. The van der Waals surface area contributed by atoms with Gasteiger partial charge in [-0.15, -0.1) is 0 Å². The molecule has 0 atom stereocenters. The van der Waals surface area contributed by atoms with Crippen molar-refractivity contribution in [1.29, 1.82) is 0 Å². The van der Waals surface area contributed by atoms with Gasteiger partial charge in [0.15, 0.2) is 0 Å². The van der Waals surface area contributed by atoms with Crippen LogP contribution in [0.1, 0.15) is 56.1 Å². The third kappa shape index (κ3) is 3.26. The summed E-state index contributed by atoms with van der Waals surface area (Å²) in [4.78, 5) is 2.62. The van der Waals surface area contributed by atoms with Crippen LogP contribution in [0.15, 0.2) is 18.2 Å². The maximum atomic E-state index is 5.80. The first kappa shape index (κ1) is 14.9. The van der Waals surface area contributed by atoms with Crippen LogP contribution < -0.4 is 10.6 Å². The second-order valence-electron chi connectivity index (χ2n) is 7.22. The number of piperidine rings is 1.